The fourth-order valence-corrected chi connectivity index (χ4v) is 3.01. The molecule has 0 bridgehead atoms. The first kappa shape index (κ1) is 14.9. The first-order chi connectivity index (χ1) is 9.85. The van der Waals surface area contributed by atoms with Gasteiger partial charge in [0.05, 0.1) is 22.2 Å². The monoisotopic (exact) mass is 301 g/mol. The van der Waals surface area contributed by atoms with Gasteiger partial charge in [0.1, 0.15) is 0 Å². The molecule has 0 saturated heterocycles. The van der Waals surface area contributed by atoms with Crippen molar-refractivity contribution < 1.29 is 8.42 Å². The predicted molar refractivity (Wildman–Crippen MR) is 82.3 cm³/mol. The van der Waals surface area contributed by atoms with E-state index >= 15 is 0 Å². The molecule has 0 aromatic heterocycles. The maximum atomic E-state index is 12.3. The largest absolute Gasteiger partial charge is 0.398 e. The highest BCUT2D eigenvalue weighted by molar-refractivity contribution is 7.92. The summed E-state index contributed by atoms with van der Waals surface area (Å²) in [5.41, 5.74) is 8.91. The maximum absolute atomic E-state index is 12.3. The van der Waals surface area contributed by atoms with Crippen LogP contribution in [0.2, 0.25) is 0 Å². The Hall–Kier alpha value is -2.52. The van der Waals surface area contributed by atoms with Gasteiger partial charge in [-0.2, -0.15) is 5.26 Å². The van der Waals surface area contributed by atoms with Gasteiger partial charge in [0.15, 0.2) is 0 Å². The Labute approximate surface area is 124 Å². The third kappa shape index (κ3) is 2.98. The van der Waals surface area contributed by atoms with Crippen molar-refractivity contribution in [2.24, 2.45) is 0 Å². The minimum Gasteiger partial charge on any atom is -0.398 e. The summed E-state index contributed by atoms with van der Waals surface area (Å²) in [5.74, 6) is 0. The Morgan fingerprint density at radius 1 is 1.10 bits per heavy atom. The Bertz CT molecular complexity index is 819. The molecule has 2 rings (SSSR count). The second-order valence-electron chi connectivity index (χ2n) is 4.71. The van der Waals surface area contributed by atoms with Gasteiger partial charge in [-0.05, 0) is 55.3 Å². The highest BCUT2D eigenvalue weighted by atomic mass is 32.2. The molecule has 0 atom stereocenters. The lowest BCUT2D eigenvalue weighted by atomic mass is 10.1. The molecule has 0 radical (unpaired) electrons. The first-order valence-corrected chi connectivity index (χ1v) is 7.72. The molecule has 2 aromatic carbocycles. The molecular formula is C15H15N3O2S. The van der Waals surface area contributed by atoms with Crippen LogP contribution in [0.25, 0.3) is 0 Å². The molecule has 0 amide bonds. The van der Waals surface area contributed by atoms with Crippen LogP contribution in [-0.2, 0) is 10.0 Å². The second-order valence-corrected chi connectivity index (χ2v) is 6.39. The second kappa shape index (κ2) is 5.46. The molecule has 6 heteroatoms. The third-order valence-electron chi connectivity index (χ3n) is 3.27. The molecular weight excluding hydrogens is 286 g/mol. The van der Waals surface area contributed by atoms with E-state index in [0.29, 0.717) is 22.5 Å². The number of nitrogens with zero attached hydrogens (tertiary/aromatic N) is 1. The molecule has 0 saturated carbocycles. The Balaban J connectivity index is 2.38. The van der Waals surface area contributed by atoms with Gasteiger partial charge in [-0.25, -0.2) is 8.42 Å². The number of nitrogens with one attached hydrogen (secondary N) is 1. The fourth-order valence-electron chi connectivity index (χ4n) is 1.89. The summed E-state index contributed by atoms with van der Waals surface area (Å²) in [6.07, 6.45) is 0. The Morgan fingerprint density at radius 2 is 1.71 bits per heavy atom. The van der Waals surface area contributed by atoms with Crippen LogP contribution < -0.4 is 10.5 Å². The molecule has 0 fully saturated rings. The minimum atomic E-state index is -3.71. The van der Waals surface area contributed by atoms with Crippen LogP contribution >= 0.6 is 0 Å². The van der Waals surface area contributed by atoms with E-state index in [1.54, 1.807) is 19.1 Å². The van der Waals surface area contributed by atoms with E-state index < -0.39 is 10.0 Å². The molecule has 2 aromatic rings. The quantitative estimate of drug-likeness (QED) is 0.851. The van der Waals surface area contributed by atoms with Crippen LogP contribution in [0.1, 0.15) is 16.7 Å². The van der Waals surface area contributed by atoms with E-state index in [4.69, 9.17) is 11.0 Å². The van der Waals surface area contributed by atoms with Gasteiger partial charge in [-0.15, -0.1) is 0 Å². The highest BCUT2D eigenvalue weighted by Crippen LogP contribution is 2.26. The van der Waals surface area contributed by atoms with E-state index in [1.807, 2.05) is 13.0 Å². The molecule has 0 aliphatic heterocycles. The van der Waals surface area contributed by atoms with Crippen molar-refractivity contribution in [2.45, 2.75) is 18.7 Å². The van der Waals surface area contributed by atoms with Crippen molar-refractivity contribution in [3.63, 3.8) is 0 Å². The number of nitriles is 1. The SMILES string of the molecule is Cc1ccc(NS(=O)(=O)c2ccc(C#N)cc2)c(C)c1N. The number of rotatable bonds is 3. The molecule has 21 heavy (non-hydrogen) atoms. The van der Waals surface area contributed by atoms with E-state index in [1.165, 1.54) is 24.3 Å². The summed E-state index contributed by atoms with van der Waals surface area (Å²) >= 11 is 0. The van der Waals surface area contributed by atoms with Crippen LogP contribution in [0.5, 0.6) is 0 Å². The van der Waals surface area contributed by atoms with Crippen LogP contribution in [0, 0.1) is 25.2 Å². The van der Waals surface area contributed by atoms with E-state index in [-0.39, 0.29) is 4.90 Å². The number of benzene rings is 2. The van der Waals surface area contributed by atoms with Gasteiger partial charge in [0.25, 0.3) is 10.0 Å². The molecule has 0 spiro atoms. The van der Waals surface area contributed by atoms with E-state index in [9.17, 15) is 8.42 Å². The topological polar surface area (TPSA) is 96.0 Å². The lowest BCUT2D eigenvalue weighted by Gasteiger charge is -2.13. The average Bonchev–Trinajstić information content (AvgIpc) is 2.48. The predicted octanol–water partition coefficient (Wildman–Crippen LogP) is 2.56. The molecule has 0 heterocycles. The Morgan fingerprint density at radius 3 is 2.29 bits per heavy atom. The molecule has 0 aliphatic rings. The standard InChI is InChI=1S/C15H15N3O2S/c1-10-3-8-14(11(2)15(10)17)18-21(19,20)13-6-4-12(9-16)5-7-13/h3-8,18H,17H2,1-2H3. The van der Waals surface area contributed by atoms with Crippen LogP contribution in [0.3, 0.4) is 0 Å². The Kier molecular flexibility index (Phi) is 3.87. The van der Waals surface area contributed by atoms with Gasteiger partial charge in [0.2, 0.25) is 0 Å². The number of nitrogens with two attached hydrogens (primary N) is 1. The number of nitrogen functional groups attached to an aromatic ring is 1. The van der Waals surface area contributed by atoms with Crippen molar-refractivity contribution >= 4 is 21.4 Å². The summed E-state index contributed by atoms with van der Waals surface area (Å²) < 4.78 is 27.1. The normalized spacial score (nSPS) is 10.9. The lowest BCUT2D eigenvalue weighted by Crippen LogP contribution is -2.14. The van der Waals surface area contributed by atoms with Gasteiger partial charge < -0.3 is 5.73 Å². The molecule has 0 unspecified atom stereocenters. The van der Waals surface area contributed by atoms with Crippen molar-refractivity contribution in [2.75, 3.05) is 10.5 Å². The van der Waals surface area contributed by atoms with Crippen molar-refractivity contribution in [3.05, 3.63) is 53.1 Å². The summed E-state index contributed by atoms with van der Waals surface area (Å²) in [5, 5.41) is 8.73. The first-order valence-electron chi connectivity index (χ1n) is 6.24. The molecule has 0 aliphatic carbocycles. The van der Waals surface area contributed by atoms with Crippen molar-refractivity contribution in [1.29, 1.82) is 5.26 Å². The molecule has 5 nitrogen and oxygen atoms in total. The zero-order valence-electron chi connectivity index (χ0n) is 11.7. The summed E-state index contributed by atoms with van der Waals surface area (Å²) in [7, 11) is -3.71. The van der Waals surface area contributed by atoms with Gasteiger partial charge in [0, 0.05) is 5.69 Å². The summed E-state index contributed by atoms with van der Waals surface area (Å²) in [4.78, 5) is 0.0973. The summed E-state index contributed by atoms with van der Waals surface area (Å²) in [6, 6.07) is 11.1. The number of sulfonamides is 1. The van der Waals surface area contributed by atoms with Gasteiger partial charge in [-0.1, -0.05) is 6.07 Å². The molecule has 3 N–H and O–H groups in total. The zero-order valence-corrected chi connectivity index (χ0v) is 12.5. The number of aryl methyl sites for hydroxylation is 1. The van der Waals surface area contributed by atoms with Crippen LogP contribution in [0.4, 0.5) is 11.4 Å². The minimum absolute atomic E-state index is 0.0973. The number of hydrogen-bond acceptors (Lipinski definition) is 4. The molecule has 108 valence electrons. The van der Waals surface area contributed by atoms with Gasteiger partial charge in [-0.3, -0.25) is 4.72 Å². The summed E-state index contributed by atoms with van der Waals surface area (Å²) in [6.45, 7) is 3.63. The fraction of sp³-hybridized carbons (Fsp3) is 0.133. The third-order valence-corrected chi connectivity index (χ3v) is 4.65. The average molecular weight is 301 g/mol. The van der Waals surface area contributed by atoms with Crippen LogP contribution in [-0.4, -0.2) is 8.42 Å². The van der Waals surface area contributed by atoms with Crippen molar-refractivity contribution in [3.8, 4) is 6.07 Å². The highest BCUT2D eigenvalue weighted by Gasteiger charge is 2.16. The lowest BCUT2D eigenvalue weighted by molar-refractivity contribution is 0.601. The van der Waals surface area contributed by atoms with Gasteiger partial charge >= 0.3 is 0 Å². The van der Waals surface area contributed by atoms with Crippen LogP contribution in [0.15, 0.2) is 41.3 Å². The smallest absolute Gasteiger partial charge is 0.261 e. The van der Waals surface area contributed by atoms with Crippen molar-refractivity contribution in [1.82, 2.24) is 0 Å². The number of anilines is 2. The van der Waals surface area contributed by atoms with E-state index in [2.05, 4.69) is 4.72 Å². The maximum Gasteiger partial charge on any atom is 0.261 e. The number of hydrogen-bond donors (Lipinski definition) is 2. The van der Waals surface area contributed by atoms with E-state index in [0.717, 1.165) is 5.56 Å². The zero-order chi connectivity index (χ0) is 15.6.